The van der Waals surface area contributed by atoms with Crippen LogP contribution in [0.4, 0.5) is 0 Å². The summed E-state index contributed by atoms with van der Waals surface area (Å²) >= 11 is 6.32. The highest BCUT2D eigenvalue weighted by atomic mass is 35.5. The van der Waals surface area contributed by atoms with Crippen molar-refractivity contribution in [3.05, 3.63) is 40.7 Å². The van der Waals surface area contributed by atoms with E-state index in [1.54, 1.807) is 11.6 Å². The molecule has 0 unspecified atom stereocenters. The summed E-state index contributed by atoms with van der Waals surface area (Å²) in [4.78, 5) is 12.3. The molecule has 1 fully saturated rings. The van der Waals surface area contributed by atoms with Crippen molar-refractivity contribution in [2.24, 2.45) is 0 Å². The summed E-state index contributed by atoms with van der Waals surface area (Å²) in [5.41, 5.74) is 1.53. The van der Waals surface area contributed by atoms with Gasteiger partial charge in [-0.1, -0.05) is 11.6 Å². The van der Waals surface area contributed by atoms with E-state index < -0.39 is 16.0 Å². The third kappa shape index (κ3) is 3.36. The zero-order chi connectivity index (χ0) is 19.1. The fraction of sp³-hybridized carbons (Fsp3) is 0.412. The predicted molar refractivity (Wildman–Crippen MR) is 97.4 cm³/mol. The second-order valence-corrected chi connectivity index (χ2v) is 8.81. The van der Waals surface area contributed by atoms with Gasteiger partial charge >= 0.3 is 5.97 Å². The van der Waals surface area contributed by atoms with E-state index >= 15 is 0 Å². The molecule has 1 aliphatic carbocycles. The molecule has 0 amide bonds. The van der Waals surface area contributed by atoms with Crippen LogP contribution in [0, 0.1) is 0 Å². The van der Waals surface area contributed by atoms with Gasteiger partial charge in [-0.3, -0.25) is 0 Å². The first kappa shape index (κ1) is 18.9. The van der Waals surface area contributed by atoms with Gasteiger partial charge in [0, 0.05) is 20.0 Å². The van der Waals surface area contributed by atoms with Crippen molar-refractivity contribution in [1.82, 2.24) is 14.1 Å². The van der Waals surface area contributed by atoms with Crippen molar-refractivity contribution in [3.63, 3.8) is 0 Å². The lowest BCUT2D eigenvalue weighted by Crippen LogP contribution is -2.22. The van der Waals surface area contributed by atoms with Crippen LogP contribution in [0.1, 0.15) is 41.7 Å². The van der Waals surface area contributed by atoms with Crippen LogP contribution in [-0.4, -0.2) is 49.2 Å². The lowest BCUT2D eigenvalue weighted by Gasteiger charge is -2.15. The van der Waals surface area contributed by atoms with Gasteiger partial charge in [-0.25, -0.2) is 22.2 Å². The van der Waals surface area contributed by atoms with Crippen molar-refractivity contribution >= 4 is 27.6 Å². The highest BCUT2D eigenvalue weighted by Crippen LogP contribution is 2.43. The lowest BCUT2D eigenvalue weighted by molar-refractivity contribution is 0.0525. The maximum atomic E-state index is 12.4. The Morgan fingerprint density at radius 1 is 1.38 bits per heavy atom. The number of rotatable bonds is 6. The molecular weight excluding hydrogens is 378 g/mol. The van der Waals surface area contributed by atoms with E-state index in [0.29, 0.717) is 22.0 Å². The number of nitrogens with zero attached hydrogens (tertiary/aromatic N) is 3. The molecule has 0 bridgehead atoms. The van der Waals surface area contributed by atoms with Crippen molar-refractivity contribution < 1.29 is 17.9 Å². The fourth-order valence-electron chi connectivity index (χ4n) is 2.69. The summed E-state index contributed by atoms with van der Waals surface area (Å²) in [6, 6.07) is 4.45. The van der Waals surface area contributed by atoms with Crippen molar-refractivity contribution in [2.45, 2.75) is 30.6 Å². The van der Waals surface area contributed by atoms with E-state index in [4.69, 9.17) is 16.3 Å². The van der Waals surface area contributed by atoms with E-state index in [1.165, 1.54) is 38.5 Å². The average molecular weight is 398 g/mol. The maximum absolute atomic E-state index is 12.4. The molecule has 0 N–H and O–H groups in total. The minimum atomic E-state index is -3.62. The van der Waals surface area contributed by atoms with Crippen molar-refractivity contribution in [3.8, 4) is 5.69 Å². The van der Waals surface area contributed by atoms with Gasteiger partial charge < -0.3 is 4.74 Å². The number of carbonyl (C=O) groups excluding carboxylic acids is 1. The van der Waals surface area contributed by atoms with Crippen molar-refractivity contribution in [1.29, 1.82) is 0 Å². The molecule has 140 valence electrons. The van der Waals surface area contributed by atoms with Crippen LogP contribution in [0.15, 0.2) is 29.3 Å². The Bertz CT molecular complexity index is 949. The van der Waals surface area contributed by atoms with Gasteiger partial charge in [-0.2, -0.15) is 5.10 Å². The number of hydrogen-bond donors (Lipinski definition) is 0. The smallest absolute Gasteiger partial charge is 0.341 e. The zero-order valence-electron chi connectivity index (χ0n) is 14.8. The summed E-state index contributed by atoms with van der Waals surface area (Å²) in [7, 11) is -0.689. The molecular formula is C17H20ClN3O4S. The Kier molecular flexibility index (Phi) is 5.09. The average Bonchev–Trinajstić information content (AvgIpc) is 3.33. The largest absolute Gasteiger partial charge is 0.462 e. The van der Waals surface area contributed by atoms with E-state index in [9.17, 15) is 13.2 Å². The molecule has 26 heavy (non-hydrogen) atoms. The summed E-state index contributed by atoms with van der Waals surface area (Å²) in [5, 5.41) is 4.65. The fourth-order valence-corrected chi connectivity index (χ4v) is 3.81. The monoisotopic (exact) mass is 397 g/mol. The highest BCUT2D eigenvalue weighted by molar-refractivity contribution is 7.89. The molecule has 1 heterocycles. The summed E-state index contributed by atoms with van der Waals surface area (Å²) in [6.45, 7) is 2.01. The van der Waals surface area contributed by atoms with Crippen LogP contribution in [0.25, 0.3) is 5.69 Å². The van der Waals surface area contributed by atoms with Gasteiger partial charge in [0.15, 0.2) is 0 Å². The molecule has 1 saturated carbocycles. The predicted octanol–water partition coefficient (Wildman–Crippen LogP) is 2.83. The second-order valence-electron chi connectivity index (χ2n) is 6.25. The van der Waals surface area contributed by atoms with E-state index in [1.807, 2.05) is 0 Å². The van der Waals surface area contributed by atoms with Gasteiger partial charge in [0.05, 0.1) is 34.1 Å². The topological polar surface area (TPSA) is 81.5 Å². The van der Waals surface area contributed by atoms with Gasteiger partial charge in [0.2, 0.25) is 10.0 Å². The Morgan fingerprint density at radius 3 is 2.65 bits per heavy atom. The lowest BCUT2D eigenvalue weighted by atomic mass is 10.1. The third-order valence-electron chi connectivity index (χ3n) is 4.19. The van der Waals surface area contributed by atoms with Crippen LogP contribution in [0.3, 0.4) is 0 Å². The number of sulfonamides is 1. The SMILES string of the molecule is CCOC(=O)c1cnn(-c2cc(S(=O)(=O)N(C)C)ccc2Cl)c1C1CC1. The van der Waals surface area contributed by atoms with E-state index in [0.717, 1.165) is 17.1 Å². The molecule has 7 nitrogen and oxygen atoms in total. The molecule has 0 aliphatic heterocycles. The first-order valence-electron chi connectivity index (χ1n) is 8.24. The Balaban J connectivity index is 2.14. The molecule has 1 aromatic heterocycles. The number of benzene rings is 1. The van der Waals surface area contributed by atoms with Gasteiger partial charge in [0.1, 0.15) is 5.56 Å². The number of esters is 1. The van der Waals surface area contributed by atoms with E-state index in [2.05, 4.69) is 5.10 Å². The quantitative estimate of drug-likeness (QED) is 0.700. The summed E-state index contributed by atoms with van der Waals surface area (Å²) in [6.07, 6.45) is 3.33. The standard InChI is InChI=1S/C17H20ClN3O4S/c1-4-25-17(22)13-10-19-21(16(13)11-5-6-11)15-9-12(7-8-14(15)18)26(23,24)20(2)3/h7-11H,4-6H2,1-3H3. The zero-order valence-corrected chi connectivity index (χ0v) is 16.3. The minimum Gasteiger partial charge on any atom is -0.462 e. The second kappa shape index (κ2) is 7.02. The number of halogens is 1. The molecule has 2 aromatic rings. The third-order valence-corrected chi connectivity index (χ3v) is 6.32. The molecule has 0 radical (unpaired) electrons. The number of hydrogen-bond acceptors (Lipinski definition) is 5. The first-order valence-corrected chi connectivity index (χ1v) is 10.1. The maximum Gasteiger partial charge on any atom is 0.341 e. The summed E-state index contributed by atoms with van der Waals surface area (Å²) < 4.78 is 32.7. The van der Waals surface area contributed by atoms with Crippen LogP contribution in [-0.2, 0) is 14.8 Å². The molecule has 0 atom stereocenters. The highest BCUT2D eigenvalue weighted by Gasteiger charge is 2.34. The number of ether oxygens (including phenoxy) is 1. The van der Waals surface area contributed by atoms with Gasteiger partial charge in [0.25, 0.3) is 0 Å². The first-order chi connectivity index (χ1) is 12.3. The van der Waals surface area contributed by atoms with Gasteiger partial charge in [-0.15, -0.1) is 0 Å². The molecule has 1 aliphatic rings. The van der Waals surface area contributed by atoms with Crippen LogP contribution < -0.4 is 0 Å². The van der Waals surface area contributed by atoms with Crippen LogP contribution in [0.5, 0.6) is 0 Å². The summed E-state index contributed by atoms with van der Waals surface area (Å²) in [5.74, 6) is -0.254. The van der Waals surface area contributed by atoms with E-state index in [-0.39, 0.29) is 17.4 Å². The normalized spacial score (nSPS) is 14.7. The molecule has 0 spiro atoms. The molecule has 9 heteroatoms. The minimum absolute atomic E-state index is 0.108. The van der Waals surface area contributed by atoms with Gasteiger partial charge in [-0.05, 0) is 38.0 Å². The van der Waals surface area contributed by atoms with Crippen LogP contribution in [0.2, 0.25) is 5.02 Å². The van der Waals surface area contributed by atoms with Crippen molar-refractivity contribution in [2.75, 3.05) is 20.7 Å². The van der Waals surface area contributed by atoms with Crippen LogP contribution >= 0.6 is 11.6 Å². The number of carbonyl (C=O) groups is 1. The number of aromatic nitrogens is 2. The Labute approximate surface area is 157 Å². The molecule has 3 rings (SSSR count). The molecule has 1 aromatic carbocycles. The molecule has 0 saturated heterocycles. The Morgan fingerprint density at radius 2 is 2.08 bits per heavy atom. The Hall–Kier alpha value is -1.90.